The summed E-state index contributed by atoms with van der Waals surface area (Å²) < 4.78 is 39.6. The molecule has 0 aliphatic rings. The molecule has 9 heteroatoms. The van der Waals surface area contributed by atoms with Crippen LogP contribution < -0.4 is 5.32 Å². The fourth-order valence-corrected chi connectivity index (χ4v) is 1.90. The van der Waals surface area contributed by atoms with Crippen LogP contribution in [-0.2, 0) is 11.2 Å². The molecule has 1 aromatic rings. The number of halogens is 3. The van der Waals surface area contributed by atoms with Gasteiger partial charge in [-0.15, -0.1) is 0 Å². The maximum Gasteiger partial charge on any atom is 0.471 e. The molecule has 2 N–H and O–H groups in total. The van der Waals surface area contributed by atoms with Crippen molar-refractivity contribution >= 4 is 28.4 Å². The van der Waals surface area contributed by atoms with Crippen molar-refractivity contribution in [3.8, 4) is 0 Å². The average Bonchev–Trinajstić information content (AvgIpc) is 2.59. The summed E-state index contributed by atoms with van der Waals surface area (Å²) in [5.74, 6) is -3.64. The fourth-order valence-electron chi connectivity index (χ4n) is 1.04. The van der Waals surface area contributed by atoms with Crippen molar-refractivity contribution in [2.75, 3.05) is 5.32 Å². The van der Waals surface area contributed by atoms with Crippen LogP contribution >= 0.6 is 11.5 Å². The van der Waals surface area contributed by atoms with Crippen molar-refractivity contribution in [3.63, 3.8) is 0 Å². The van der Waals surface area contributed by atoms with Gasteiger partial charge in [0.2, 0.25) is 0 Å². The van der Waals surface area contributed by atoms with Gasteiger partial charge in [0.05, 0.1) is 5.69 Å². The van der Waals surface area contributed by atoms with E-state index in [1.165, 1.54) is 5.32 Å². The van der Waals surface area contributed by atoms with E-state index < -0.39 is 28.6 Å². The number of hydrogen-bond acceptors (Lipinski definition) is 4. The van der Waals surface area contributed by atoms with Gasteiger partial charge < -0.3 is 10.4 Å². The third-order valence-electron chi connectivity index (χ3n) is 1.80. The van der Waals surface area contributed by atoms with Crippen molar-refractivity contribution in [1.82, 2.24) is 4.37 Å². The molecule has 0 atom stereocenters. The van der Waals surface area contributed by atoms with Crippen molar-refractivity contribution in [2.45, 2.75) is 19.5 Å². The molecule has 5 nitrogen and oxygen atoms in total. The van der Waals surface area contributed by atoms with Gasteiger partial charge in [-0.25, -0.2) is 4.79 Å². The summed E-state index contributed by atoms with van der Waals surface area (Å²) in [5, 5.41) is 9.91. The highest BCUT2D eigenvalue weighted by Gasteiger charge is 2.39. The van der Waals surface area contributed by atoms with E-state index in [-0.39, 0.29) is 12.1 Å². The smallest absolute Gasteiger partial charge is 0.471 e. The number of nitrogens with zero attached hydrogens (tertiary/aromatic N) is 1. The van der Waals surface area contributed by atoms with Gasteiger partial charge in [-0.3, -0.25) is 4.79 Å². The number of anilines is 1. The van der Waals surface area contributed by atoms with E-state index >= 15 is 0 Å². The molecule has 1 heterocycles. The lowest BCUT2D eigenvalue weighted by Gasteiger charge is -2.06. The zero-order valence-corrected chi connectivity index (χ0v) is 9.28. The van der Waals surface area contributed by atoms with Gasteiger partial charge in [0.15, 0.2) is 0 Å². The van der Waals surface area contributed by atoms with Crippen LogP contribution in [0.3, 0.4) is 0 Å². The quantitative estimate of drug-likeness (QED) is 0.877. The van der Waals surface area contributed by atoms with Crippen LogP contribution in [0.1, 0.15) is 23.0 Å². The third kappa shape index (κ3) is 2.93. The highest BCUT2D eigenvalue weighted by molar-refractivity contribution is 7.11. The molecule has 0 radical (unpaired) electrons. The lowest BCUT2D eigenvalue weighted by atomic mass is 10.2. The molecule has 0 spiro atoms. The van der Waals surface area contributed by atoms with E-state index in [2.05, 4.69) is 4.37 Å². The summed E-state index contributed by atoms with van der Waals surface area (Å²) in [6, 6.07) is 0. The van der Waals surface area contributed by atoms with Crippen molar-refractivity contribution in [1.29, 1.82) is 0 Å². The molecule has 0 unspecified atom stereocenters. The molecule has 0 bridgehead atoms. The largest absolute Gasteiger partial charge is 0.478 e. The highest BCUT2D eigenvalue weighted by atomic mass is 32.1. The van der Waals surface area contributed by atoms with Gasteiger partial charge in [-0.2, -0.15) is 17.5 Å². The molecule has 0 aliphatic carbocycles. The first-order chi connectivity index (χ1) is 7.77. The first-order valence-electron chi connectivity index (χ1n) is 4.37. The van der Waals surface area contributed by atoms with Gasteiger partial charge in [-0.05, 0) is 18.0 Å². The average molecular weight is 268 g/mol. The second kappa shape index (κ2) is 4.70. The maximum absolute atomic E-state index is 12.0. The number of aromatic nitrogens is 1. The number of carboxylic acid groups (broad SMARTS) is 1. The summed E-state index contributed by atoms with van der Waals surface area (Å²) in [5.41, 5.74) is -0.255. The van der Waals surface area contributed by atoms with Crippen molar-refractivity contribution < 1.29 is 27.9 Å². The van der Waals surface area contributed by atoms with Gasteiger partial charge >= 0.3 is 18.1 Å². The predicted molar refractivity (Wildman–Crippen MR) is 53.1 cm³/mol. The molecule has 0 fully saturated rings. The van der Waals surface area contributed by atoms with Gasteiger partial charge in [0.1, 0.15) is 10.6 Å². The molecular weight excluding hydrogens is 261 g/mol. The summed E-state index contributed by atoms with van der Waals surface area (Å²) in [7, 11) is 0. The van der Waals surface area contributed by atoms with Gasteiger partial charge in [0.25, 0.3) is 0 Å². The van der Waals surface area contributed by atoms with E-state index in [9.17, 15) is 22.8 Å². The number of rotatable bonds is 3. The molecule has 1 amide bonds. The topological polar surface area (TPSA) is 79.3 Å². The van der Waals surface area contributed by atoms with Crippen LogP contribution in [0.4, 0.5) is 18.2 Å². The first kappa shape index (κ1) is 13.4. The Kier molecular flexibility index (Phi) is 3.71. The minimum atomic E-state index is -5.06. The Morgan fingerprint density at radius 3 is 2.47 bits per heavy atom. The van der Waals surface area contributed by atoms with Gasteiger partial charge in [-0.1, -0.05) is 6.92 Å². The second-order valence-corrected chi connectivity index (χ2v) is 3.72. The number of hydrogen-bond donors (Lipinski definition) is 2. The Hall–Kier alpha value is -1.64. The van der Waals surface area contributed by atoms with Crippen LogP contribution in [0.2, 0.25) is 0 Å². The number of amides is 1. The second-order valence-electron chi connectivity index (χ2n) is 2.94. The lowest BCUT2D eigenvalue weighted by molar-refractivity contribution is -0.167. The Labute approximate surface area is 97.4 Å². The molecule has 0 saturated heterocycles. The zero-order valence-electron chi connectivity index (χ0n) is 8.46. The zero-order chi connectivity index (χ0) is 13.2. The molecule has 0 aromatic carbocycles. The minimum absolute atomic E-state index is 0.139. The summed E-state index contributed by atoms with van der Waals surface area (Å²) >= 11 is 0.511. The summed E-state index contributed by atoms with van der Waals surface area (Å²) in [4.78, 5) is 21.5. The van der Waals surface area contributed by atoms with Crippen molar-refractivity contribution in [2.24, 2.45) is 0 Å². The van der Waals surface area contributed by atoms with Gasteiger partial charge in [0, 0.05) is 0 Å². The Morgan fingerprint density at radius 2 is 2.06 bits per heavy atom. The number of carboxylic acids is 1. The van der Waals surface area contributed by atoms with E-state index in [0.29, 0.717) is 11.5 Å². The maximum atomic E-state index is 12.0. The van der Waals surface area contributed by atoms with E-state index in [4.69, 9.17) is 5.11 Å². The van der Waals surface area contributed by atoms with Crippen LogP contribution in [0, 0.1) is 0 Å². The normalized spacial score (nSPS) is 11.3. The fraction of sp³-hybridized carbons (Fsp3) is 0.375. The third-order valence-corrected chi connectivity index (χ3v) is 2.60. The molecule has 17 heavy (non-hydrogen) atoms. The monoisotopic (exact) mass is 268 g/mol. The van der Waals surface area contributed by atoms with Crippen LogP contribution in [0.25, 0.3) is 0 Å². The van der Waals surface area contributed by atoms with Crippen LogP contribution in [-0.4, -0.2) is 27.5 Å². The number of carbonyl (C=O) groups is 2. The SMILES string of the molecule is CCc1nsc(NC(=O)C(F)(F)F)c1C(=O)O. The summed E-state index contributed by atoms with van der Waals surface area (Å²) in [6.07, 6.45) is -4.81. The number of aromatic carboxylic acids is 1. The van der Waals surface area contributed by atoms with E-state index in [1.807, 2.05) is 0 Å². The van der Waals surface area contributed by atoms with Crippen LogP contribution in [0.5, 0.6) is 0 Å². The minimum Gasteiger partial charge on any atom is -0.478 e. The summed E-state index contributed by atoms with van der Waals surface area (Å²) in [6.45, 7) is 1.61. The number of carbonyl (C=O) groups excluding carboxylic acids is 1. The first-order valence-corrected chi connectivity index (χ1v) is 5.14. The molecule has 0 saturated carbocycles. The Morgan fingerprint density at radius 1 is 1.47 bits per heavy atom. The number of nitrogens with one attached hydrogen (secondary N) is 1. The molecule has 1 aromatic heterocycles. The predicted octanol–water partition coefficient (Wildman–Crippen LogP) is 1.90. The number of alkyl halides is 3. The molecule has 0 aliphatic heterocycles. The molecule has 94 valence electrons. The Balaban J connectivity index is 3.04. The van der Waals surface area contributed by atoms with E-state index in [1.54, 1.807) is 6.92 Å². The van der Waals surface area contributed by atoms with E-state index in [0.717, 1.165) is 0 Å². The Bertz CT molecular complexity index is 455. The lowest BCUT2D eigenvalue weighted by Crippen LogP contribution is -2.30. The highest BCUT2D eigenvalue weighted by Crippen LogP contribution is 2.27. The molecule has 1 rings (SSSR count). The number of aryl methyl sites for hydroxylation is 1. The standard InChI is InChI=1S/C8H7F3N2O3S/c1-2-3-4(6(14)15)5(17-13-3)12-7(16)8(9,10)11/h2H2,1H3,(H,12,16)(H,14,15). The van der Waals surface area contributed by atoms with Crippen molar-refractivity contribution in [3.05, 3.63) is 11.3 Å². The van der Waals surface area contributed by atoms with Crippen LogP contribution in [0.15, 0.2) is 0 Å². The molecular formula is C8H7F3N2O3S.